The van der Waals surface area contributed by atoms with E-state index in [0.717, 1.165) is 35.1 Å². The molecule has 1 aliphatic rings. The number of hydrogen-bond donors (Lipinski definition) is 3. The van der Waals surface area contributed by atoms with Gasteiger partial charge >= 0.3 is 0 Å². The van der Waals surface area contributed by atoms with E-state index in [2.05, 4.69) is 50.0 Å². The number of hydrazone groups is 1. The number of H-pyrrole nitrogens is 1. The highest BCUT2D eigenvalue weighted by Gasteiger charge is 2.23. The molecule has 3 aromatic rings. The summed E-state index contributed by atoms with van der Waals surface area (Å²) < 4.78 is 0. The number of nitrogens with zero attached hydrogens (tertiary/aromatic N) is 5. The van der Waals surface area contributed by atoms with E-state index in [1.165, 1.54) is 0 Å². The van der Waals surface area contributed by atoms with Gasteiger partial charge in [-0.2, -0.15) is 5.10 Å². The van der Waals surface area contributed by atoms with Gasteiger partial charge in [-0.1, -0.05) is 13.3 Å². The van der Waals surface area contributed by atoms with E-state index in [-0.39, 0.29) is 11.9 Å². The van der Waals surface area contributed by atoms with Gasteiger partial charge < -0.3 is 15.8 Å². The lowest BCUT2D eigenvalue weighted by Crippen LogP contribution is -2.24. The third kappa shape index (κ3) is 3.80. The summed E-state index contributed by atoms with van der Waals surface area (Å²) in [5.41, 5.74) is 9.94. The fourth-order valence-electron chi connectivity index (χ4n) is 3.65. The molecule has 8 nitrogen and oxygen atoms in total. The molecule has 152 valence electrons. The molecule has 0 saturated carbocycles. The van der Waals surface area contributed by atoms with Crippen molar-refractivity contribution >= 4 is 23.2 Å². The average Bonchev–Trinajstić information content (AvgIpc) is 3.34. The van der Waals surface area contributed by atoms with Gasteiger partial charge in [-0.15, -0.1) is 0 Å². The van der Waals surface area contributed by atoms with E-state index >= 15 is 0 Å². The highest BCUT2D eigenvalue weighted by Crippen LogP contribution is 2.31. The van der Waals surface area contributed by atoms with Crippen LogP contribution >= 0.6 is 0 Å². The maximum absolute atomic E-state index is 10.4. The Kier molecular flexibility index (Phi) is 5.19. The van der Waals surface area contributed by atoms with Crippen molar-refractivity contribution in [3.8, 4) is 11.3 Å². The van der Waals surface area contributed by atoms with Crippen molar-refractivity contribution < 1.29 is 5.11 Å². The highest BCUT2D eigenvalue weighted by atomic mass is 16.3. The van der Waals surface area contributed by atoms with Crippen LogP contribution < -0.4 is 5.73 Å². The summed E-state index contributed by atoms with van der Waals surface area (Å²) >= 11 is 0. The van der Waals surface area contributed by atoms with E-state index in [1.807, 2.05) is 31.6 Å². The average molecular weight is 393 g/mol. The van der Waals surface area contributed by atoms with Crippen molar-refractivity contribution in [2.75, 3.05) is 12.3 Å². The molecule has 8 heteroatoms. The summed E-state index contributed by atoms with van der Waals surface area (Å²) in [7, 11) is 0. The monoisotopic (exact) mass is 393 g/mol. The third-order valence-electron chi connectivity index (χ3n) is 5.30. The predicted molar refractivity (Wildman–Crippen MR) is 114 cm³/mol. The quantitative estimate of drug-likeness (QED) is 0.592. The highest BCUT2D eigenvalue weighted by molar-refractivity contribution is 5.93. The van der Waals surface area contributed by atoms with Crippen LogP contribution in [-0.4, -0.2) is 48.9 Å². The first kappa shape index (κ1) is 19.3. The molecule has 0 aromatic carbocycles. The zero-order chi connectivity index (χ0) is 20.5. The molecule has 0 radical (unpaired) electrons. The number of nitrogens with two attached hydrogens (primary N) is 1. The predicted octanol–water partition coefficient (Wildman–Crippen LogP) is 3.23. The number of pyridine rings is 1. The van der Waals surface area contributed by atoms with E-state index in [9.17, 15) is 5.11 Å². The molecule has 4 heterocycles. The van der Waals surface area contributed by atoms with E-state index in [4.69, 9.17) is 5.73 Å². The van der Waals surface area contributed by atoms with Gasteiger partial charge in [0, 0.05) is 48.1 Å². The Morgan fingerprint density at radius 2 is 2.14 bits per heavy atom. The third-order valence-corrected chi connectivity index (χ3v) is 5.30. The van der Waals surface area contributed by atoms with Crippen molar-refractivity contribution in [2.45, 2.75) is 51.7 Å². The van der Waals surface area contributed by atoms with Crippen LogP contribution in [0.1, 0.15) is 56.9 Å². The van der Waals surface area contributed by atoms with Gasteiger partial charge in [0.2, 0.25) is 5.95 Å². The minimum atomic E-state index is -0.653. The molecule has 0 saturated heterocycles. The van der Waals surface area contributed by atoms with E-state index in [0.29, 0.717) is 23.9 Å². The first-order valence-electron chi connectivity index (χ1n) is 10.1. The summed E-state index contributed by atoms with van der Waals surface area (Å²) in [6.45, 7) is 7.14. The zero-order valence-electron chi connectivity index (χ0n) is 17.0. The standard InChI is InChI=1S/C21H27N7O/c1-4-5-19(29)18-7-17(26-21(22)27-18)16-10-24-20-15(16)6-13(8-23-20)14-9-25-28(11-14)12(2)3/h6-10,12,14,19,29H,4-5,11H2,1-3H3,(H,23,24)(H2,22,26,27). The van der Waals surface area contributed by atoms with Crippen LogP contribution in [0, 0.1) is 0 Å². The number of fused-ring (bicyclic) bond motifs is 1. The number of aliphatic hydroxyl groups is 1. The molecular formula is C21H27N7O. The topological polar surface area (TPSA) is 116 Å². The van der Waals surface area contributed by atoms with Crippen LogP contribution in [-0.2, 0) is 0 Å². The number of hydrogen-bond acceptors (Lipinski definition) is 7. The molecule has 2 unspecified atom stereocenters. The van der Waals surface area contributed by atoms with Gasteiger partial charge in [-0.25, -0.2) is 15.0 Å². The molecule has 4 N–H and O–H groups in total. The summed E-state index contributed by atoms with van der Waals surface area (Å²) in [5, 5.41) is 17.9. The van der Waals surface area contributed by atoms with Crippen LogP contribution in [0.25, 0.3) is 22.3 Å². The Morgan fingerprint density at radius 1 is 1.31 bits per heavy atom. The molecule has 0 aliphatic carbocycles. The Balaban J connectivity index is 1.71. The van der Waals surface area contributed by atoms with Gasteiger partial charge in [-0.05, 0) is 38.0 Å². The van der Waals surface area contributed by atoms with Crippen LogP contribution in [0.3, 0.4) is 0 Å². The smallest absolute Gasteiger partial charge is 0.220 e. The first-order valence-corrected chi connectivity index (χ1v) is 10.1. The lowest BCUT2D eigenvalue weighted by molar-refractivity contribution is 0.162. The molecule has 0 amide bonds. The van der Waals surface area contributed by atoms with Crippen molar-refractivity contribution in [1.29, 1.82) is 0 Å². The number of anilines is 1. The molecular weight excluding hydrogens is 366 g/mol. The maximum atomic E-state index is 10.4. The SMILES string of the molecule is CCCC(O)c1cc(-c2c[nH]c3ncc(C4C=NN(C(C)C)C4)cc23)nc(N)n1. The Morgan fingerprint density at radius 3 is 2.86 bits per heavy atom. The lowest BCUT2D eigenvalue weighted by atomic mass is 10.00. The lowest BCUT2D eigenvalue weighted by Gasteiger charge is -2.19. The number of aliphatic hydroxyl groups excluding tert-OH is 1. The largest absolute Gasteiger partial charge is 0.387 e. The second kappa shape index (κ2) is 7.79. The number of nitrogens with one attached hydrogen (secondary N) is 1. The van der Waals surface area contributed by atoms with Crippen molar-refractivity contribution in [1.82, 2.24) is 24.9 Å². The normalized spacial score (nSPS) is 17.6. The maximum Gasteiger partial charge on any atom is 0.220 e. The molecule has 1 aliphatic heterocycles. The fourth-order valence-corrected chi connectivity index (χ4v) is 3.65. The van der Waals surface area contributed by atoms with Crippen molar-refractivity contribution in [3.63, 3.8) is 0 Å². The molecule has 29 heavy (non-hydrogen) atoms. The summed E-state index contributed by atoms with van der Waals surface area (Å²) in [5.74, 6) is 0.357. The van der Waals surface area contributed by atoms with Gasteiger partial charge in [-0.3, -0.25) is 5.01 Å². The van der Waals surface area contributed by atoms with Gasteiger partial charge in [0.15, 0.2) is 0 Å². The minimum Gasteiger partial charge on any atom is -0.387 e. The van der Waals surface area contributed by atoms with Crippen molar-refractivity contribution in [2.24, 2.45) is 5.10 Å². The molecule has 2 atom stereocenters. The Bertz CT molecular complexity index is 1040. The summed E-state index contributed by atoms with van der Waals surface area (Å²) in [4.78, 5) is 16.4. The van der Waals surface area contributed by atoms with Crippen LogP contribution in [0.15, 0.2) is 29.6 Å². The molecule has 3 aromatic heterocycles. The molecule has 0 spiro atoms. The molecule has 0 bridgehead atoms. The number of aromatic amines is 1. The van der Waals surface area contributed by atoms with Crippen LogP contribution in [0.4, 0.5) is 5.95 Å². The number of aromatic nitrogens is 4. The fraction of sp³-hybridized carbons (Fsp3) is 0.429. The van der Waals surface area contributed by atoms with Crippen LogP contribution in [0.2, 0.25) is 0 Å². The number of nitrogen functional groups attached to an aromatic ring is 1. The summed E-state index contributed by atoms with van der Waals surface area (Å²) in [6.07, 6.45) is 6.59. The molecule has 0 fully saturated rings. The molecule has 4 rings (SSSR count). The van der Waals surface area contributed by atoms with E-state index < -0.39 is 6.10 Å². The summed E-state index contributed by atoms with van der Waals surface area (Å²) in [6, 6.07) is 4.31. The zero-order valence-corrected chi connectivity index (χ0v) is 17.0. The minimum absolute atomic E-state index is 0.154. The van der Waals surface area contributed by atoms with Gasteiger partial charge in [0.1, 0.15) is 5.65 Å². The van der Waals surface area contributed by atoms with Crippen molar-refractivity contribution in [3.05, 3.63) is 35.8 Å². The Labute approximate surface area is 169 Å². The second-order valence-corrected chi connectivity index (χ2v) is 7.79. The Hall–Kier alpha value is -3.00. The first-order chi connectivity index (χ1) is 14.0. The van der Waals surface area contributed by atoms with Crippen LogP contribution in [0.5, 0.6) is 0 Å². The number of rotatable bonds is 6. The van der Waals surface area contributed by atoms with Gasteiger partial charge in [0.05, 0.1) is 17.5 Å². The van der Waals surface area contributed by atoms with Gasteiger partial charge in [0.25, 0.3) is 0 Å². The second-order valence-electron chi connectivity index (χ2n) is 7.79. The van der Waals surface area contributed by atoms with E-state index in [1.54, 1.807) is 0 Å².